The van der Waals surface area contributed by atoms with Gasteiger partial charge in [0.15, 0.2) is 0 Å². The summed E-state index contributed by atoms with van der Waals surface area (Å²) in [6.07, 6.45) is 4.15. The quantitative estimate of drug-likeness (QED) is 0.492. The molecule has 1 atom stereocenters. The fourth-order valence-corrected chi connectivity index (χ4v) is 3.79. The van der Waals surface area contributed by atoms with Crippen LogP contribution < -0.4 is 4.90 Å². The summed E-state index contributed by atoms with van der Waals surface area (Å²) < 4.78 is 0. The summed E-state index contributed by atoms with van der Waals surface area (Å²) in [5, 5.41) is 1.03. The smallest absolute Gasteiger partial charge is 0.234 e. The van der Waals surface area contributed by atoms with Crippen molar-refractivity contribution in [2.75, 3.05) is 16.8 Å². The molecule has 126 valence electrons. The van der Waals surface area contributed by atoms with Gasteiger partial charge in [-0.25, -0.2) is 0 Å². The minimum Gasteiger partial charge on any atom is -0.312 e. The third kappa shape index (κ3) is 3.72. The first-order valence-corrected chi connectivity index (χ1v) is 9.84. The Morgan fingerprint density at radius 2 is 1.79 bits per heavy atom. The Morgan fingerprint density at radius 3 is 2.54 bits per heavy atom. The summed E-state index contributed by atoms with van der Waals surface area (Å²) in [7, 11) is 0. The molecule has 0 N–H and O–H groups in total. The molecule has 3 rings (SSSR count). The van der Waals surface area contributed by atoms with Crippen LogP contribution in [-0.4, -0.2) is 17.8 Å². The lowest BCUT2D eigenvalue weighted by Gasteiger charge is -2.34. The predicted molar refractivity (Wildman–Crippen MR) is 104 cm³/mol. The minimum atomic E-state index is -0.0586. The SMILES string of the molecule is Cc1ccc(C2Cc3ccccc3N(CCCCCBr)C2=O)cc1. The first-order chi connectivity index (χ1) is 11.7. The van der Waals surface area contributed by atoms with Gasteiger partial charge in [0.2, 0.25) is 5.91 Å². The zero-order valence-corrected chi connectivity index (χ0v) is 15.8. The Bertz CT molecular complexity index is 695. The number of amides is 1. The van der Waals surface area contributed by atoms with Crippen molar-refractivity contribution in [1.82, 2.24) is 0 Å². The van der Waals surface area contributed by atoms with Gasteiger partial charge in [-0.1, -0.05) is 70.4 Å². The maximum absolute atomic E-state index is 13.2. The molecule has 1 amide bonds. The molecule has 0 aliphatic carbocycles. The van der Waals surface area contributed by atoms with Crippen molar-refractivity contribution >= 4 is 27.5 Å². The van der Waals surface area contributed by atoms with Crippen LogP contribution in [0.3, 0.4) is 0 Å². The number of halogens is 1. The van der Waals surface area contributed by atoms with Gasteiger partial charge in [0.25, 0.3) is 0 Å². The van der Waals surface area contributed by atoms with Gasteiger partial charge in [-0.3, -0.25) is 4.79 Å². The molecular formula is C21H24BrNO. The highest BCUT2D eigenvalue weighted by Crippen LogP contribution is 2.35. The van der Waals surface area contributed by atoms with E-state index in [9.17, 15) is 4.79 Å². The second-order valence-electron chi connectivity index (χ2n) is 6.54. The van der Waals surface area contributed by atoms with Crippen molar-refractivity contribution in [3.05, 3.63) is 65.2 Å². The first kappa shape index (κ1) is 17.2. The topological polar surface area (TPSA) is 20.3 Å². The van der Waals surface area contributed by atoms with Crippen LogP contribution in [0.25, 0.3) is 0 Å². The maximum Gasteiger partial charge on any atom is 0.234 e. The van der Waals surface area contributed by atoms with E-state index in [2.05, 4.69) is 65.3 Å². The maximum atomic E-state index is 13.2. The number of nitrogens with zero attached hydrogens (tertiary/aromatic N) is 1. The Kier molecular flexibility index (Phi) is 5.72. The summed E-state index contributed by atoms with van der Waals surface area (Å²) in [6.45, 7) is 2.89. The monoisotopic (exact) mass is 385 g/mol. The normalized spacial score (nSPS) is 17.0. The number of anilines is 1. The molecule has 0 saturated carbocycles. The van der Waals surface area contributed by atoms with Gasteiger partial charge in [-0.2, -0.15) is 0 Å². The van der Waals surface area contributed by atoms with Crippen molar-refractivity contribution in [2.45, 2.75) is 38.5 Å². The minimum absolute atomic E-state index is 0.0586. The average Bonchev–Trinajstić information content (AvgIpc) is 2.61. The summed E-state index contributed by atoms with van der Waals surface area (Å²) >= 11 is 3.48. The summed E-state index contributed by atoms with van der Waals surface area (Å²) in [5.41, 5.74) is 4.74. The van der Waals surface area contributed by atoms with Crippen LogP contribution in [0.4, 0.5) is 5.69 Å². The van der Waals surface area contributed by atoms with Crippen LogP contribution in [0, 0.1) is 6.92 Å². The molecule has 2 nitrogen and oxygen atoms in total. The number of alkyl halides is 1. The summed E-state index contributed by atoms with van der Waals surface area (Å²) in [5.74, 6) is 0.188. The fourth-order valence-electron chi connectivity index (χ4n) is 3.39. The highest BCUT2D eigenvalue weighted by Gasteiger charge is 2.33. The van der Waals surface area contributed by atoms with Crippen molar-refractivity contribution < 1.29 is 4.79 Å². The van der Waals surface area contributed by atoms with Crippen LogP contribution in [0.1, 0.15) is 41.9 Å². The Hall–Kier alpha value is -1.61. The lowest BCUT2D eigenvalue weighted by molar-refractivity contribution is -0.120. The lowest BCUT2D eigenvalue weighted by Crippen LogP contribution is -2.40. The van der Waals surface area contributed by atoms with Gasteiger partial charge in [-0.05, 0) is 43.4 Å². The summed E-state index contributed by atoms with van der Waals surface area (Å²) in [4.78, 5) is 15.2. The third-order valence-corrected chi connectivity index (χ3v) is 5.33. The zero-order valence-electron chi connectivity index (χ0n) is 14.2. The van der Waals surface area contributed by atoms with Crippen molar-refractivity contribution in [1.29, 1.82) is 0 Å². The highest BCUT2D eigenvalue weighted by molar-refractivity contribution is 9.09. The van der Waals surface area contributed by atoms with Gasteiger partial charge in [0.1, 0.15) is 0 Å². The number of carbonyl (C=O) groups excluding carboxylic acids is 1. The Balaban J connectivity index is 1.86. The van der Waals surface area contributed by atoms with Crippen LogP contribution in [0.2, 0.25) is 0 Å². The molecule has 0 fully saturated rings. The Morgan fingerprint density at radius 1 is 1.04 bits per heavy atom. The van der Waals surface area contributed by atoms with Crippen LogP contribution in [0.15, 0.2) is 48.5 Å². The number of fused-ring (bicyclic) bond motifs is 1. The first-order valence-electron chi connectivity index (χ1n) is 8.72. The molecular weight excluding hydrogens is 362 g/mol. The average molecular weight is 386 g/mol. The second-order valence-corrected chi connectivity index (χ2v) is 7.33. The van der Waals surface area contributed by atoms with E-state index in [0.29, 0.717) is 0 Å². The standard InChI is InChI=1S/C21H24BrNO/c1-16-9-11-17(12-10-16)19-15-18-7-3-4-8-20(18)23(21(19)24)14-6-2-5-13-22/h3-4,7-12,19H,2,5-6,13-15H2,1H3. The van der Waals surface area contributed by atoms with Gasteiger partial charge >= 0.3 is 0 Å². The molecule has 1 aliphatic rings. The van der Waals surface area contributed by atoms with E-state index in [1.807, 2.05) is 11.0 Å². The van der Waals surface area contributed by atoms with Crippen molar-refractivity contribution in [2.24, 2.45) is 0 Å². The molecule has 0 spiro atoms. The number of hydrogen-bond donors (Lipinski definition) is 0. The number of unbranched alkanes of at least 4 members (excludes halogenated alkanes) is 2. The molecule has 1 aliphatic heterocycles. The van der Waals surface area contributed by atoms with Crippen molar-refractivity contribution in [3.63, 3.8) is 0 Å². The molecule has 0 saturated heterocycles. The van der Waals surface area contributed by atoms with Gasteiger partial charge in [-0.15, -0.1) is 0 Å². The third-order valence-electron chi connectivity index (χ3n) is 4.77. The number of para-hydroxylation sites is 1. The molecule has 24 heavy (non-hydrogen) atoms. The van der Waals surface area contributed by atoms with E-state index in [1.54, 1.807) is 0 Å². The second kappa shape index (κ2) is 7.98. The predicted octanol–water partition coefficient (Wildman–Crippen LogP) is 5.23. The number of aryl methyl sites for hydroxylation is 1. The van der Waals surface area contributed by atoms with Gasteiger partial charge in [0, 0.05) is 17.6 Å². The number of carbonyl (C=O) groups is 1. The molecule has 2 aromatic carbocycles. The fraction of sp³-hybridized carbons (Fsp3) is 0.381. The van der Waals surface area contributed by atoms with E-state index in [4.69, 9.17) is 0 Å². The molecule has 2 aromatic rings. The van der Waals surface area contributed by atoms with E-state index >= 15 is 0 Å². The zero-order chi connectivity index (χ0) is 16.9. The van der Waals surface area contributed by atoms with Gasteiger partial charge < -0.3 is 4.90 Å². The molecule has 0 aromatic heterocycles. The van der Waals surface area contributed by atoms with Crippen LogP contribution in [-0.2, 0) is 11.2 Å². The van der Waals surface area contributed by atoms with Crippen molar-refractivity contribution in [3.8, 4) is 0 Å². The molecule has 0 bridgehead atoms. The Labute approximate surface area is 153 Å². The van der Waals surface area contributed by atoms with E-state index in [1.165, 1.54) is 11.1 Å². The van der Waals surface area contributed by atoms with Crippen LogP contribution in [0.5, 0.6) is 0 Å². The summed E-state index contributed by atoms with van der Waals surface area (Å²) in [6, 6.07) is 16.8. The largest absolute Gasteiger partial charge is 0.312 e. The van der Waals surface area contributed by atoms with Gasteiger partial charge in [0.05, 0.1) is 5.92 Å². The molecule has 0 radical (unpaired) electrons. The lowest BCUT2D eigenvalue weighted by atomic mass is 9.86. The number of hydrogen-bond acceptors (Lipinski definition) is 1. The van der Waals surface area contributed by atoms with E-state index in [-0.39, 0.29) is 11.8 Å². The number of benzene rings is 2. The van der Waals surface area contributed by atoms with E-state index in [0.717, 1.165) is 48.8 Å². The molecule has 3 heteroatoms. The molecule has 1 unspecified atom stereocenters. The highest BCUT2D eigenvalue weighted by atomic mass is 79.9. The van der Waals surface area contributed by atoms with Crippen LogP contribution >= 0.6 is 15.9 Å². The number of rotatable bonds is 6. The van der Waals surface area contributed by atoms with E-state index < -0.39 is 0 Å². The molecule has 1 heterocycles.